The Morgan fingerprint density at radius 2 is 1.90 bits per heavy atom. The van der Waals surface area contributed by atoms with Crippen LogP contribution in [0.2, 0.25) is 0 Å². The van der Waals surface area contributed by atoms with E-state index in [0.717, 1.165) is 25.7 Å². The number of hydrogen-bond donors (Lipinski definition) is 0. The maximum Gasteiger partial charge on any atom is 0.226 e. The fourth-order valence-corrected chi connectivity index (χ4v) is 5.07. The SMILES string of the molecule is CS(=O)(=O)N1CCC2(CCCC2C(=O)N2CCOCC2)C1. The van der Waals surface area contributed by atoms with Crippen LogP contribution in [-0.2, 0) is 19.6 Å². The molecule has 1 amide bonds. The molecule has 0 aromatic heterocycles. The van der Waals surface area contributed by atoms with Crippen LogP contribution in [0, 0.1) is 11.3 Å². The van der Waals surface area contributed by atoms with E-state index in [1.54, 1.807) is 4.31 Å². The summed E-state index contributed by atoms with van der Waals surface area (Å²) >= 11 is 0. The molecular weight excluding hydrogens is 292 g/mol. The van der Waals surface area contributed by atoms with Gasteiger partial charge >= 0.3 is 0 Å². The summed E-state index contributed by atoms with van der Waals surface area (Å²) in [5, 5.41) is 0. The highest BCUT2D eigenvalue weighted by atomic mass is 32.2. The number of hydrogen-bond acceptors (Lipinski definition) is 4. The molecule has 0 aromatic carbocycles. The van der Waals surface area contributed by atoms with Crippen LogP contribution in [-0.4, -0.2) is 69.2 Å². The van der Waals surface area contributed by atoms with E-state index in [9.17, 15) is 13.2 Å². The Morgan fingerprint density at radius 3 is 2.52 bits per heavy atom. The molecule has 2 unspecified atom stereocenters. The van der Waals surface area contributed by atoms with Gasteiger partial charge in [0.2, 0.25) is 15.9 Å². The summed E-state index contributed by atoms with van der Waals surface area (Å²) in [4.78, 5) is 14.7. The molecule has 2 heterocycles. The van der Waals surface area contributed by atoms with E-state index >= 15 is 0 Å². The lowest BCUT2D eigenvalue weighted by atomic mass is 9.76. The van der Waals surface area contributed by atoms with Gasteiger partial charge in [0, 0.05) is 32.1 Å². The third kappa shape index (κ3) is 2.83. The van der Waals surface area contributed by atoms with Crippen molar-refractivity contribution in [2.75, 3.05) is 45.6 Å². The standard InChI is InChI=1S/C14H24N2O4S/c1-21(18,19)16-6-5-14(11-16)4-2-3-12(14)13(17)15-7-9-20-10-8-15/h12H,2-11H2,1H3. The van der Waals surface area contributed by atoms with Crippen molar-refractivity contribution in [3.05, 3.63) is 0 Å². The number of amides is 1. The van der Waals surface area contributed by atoms with Crippen LogP contribution < -0.4 is 0 Å². The first-order chi connectivity index (χ1) is 9.92. The van der Waals surface area contributed by atoms with Crippen LogP contribution in [0.5, 0.6) is 0 Å². The third-order valence-corrected chi connectivity index (χ3v) is 6.60. The van der Waals surface area contributed by atoms with Crippen LogP contribution >= 0.6 is 0 Å². The molecule has 7 heteroatoms. The summed E-state index contributed by atoms with van der Waals surface area (Å²) in [5.74, 6) is 0.202. The molecule has 1 spiro atoms. The molecule has 2 aliphatic heterocycles. The highest BCUT2D eigenvalue weighted by molar-refractivity contribution is 7.88. The molecule has 0 bridgehead atoms. The third-order valence-electron chi connectivity index (χ3n) is 5.35. The zero-order chi connectivity index (χ0) is 15.1. The van der Waals surface area contributed by atoms with Gasteiger partial charge in [-0.2, -0.15) is 0 Å². The van der Waals surface area contributed by atoms with Crippen LogP contribution in [0.25, 0.3) is 0 Å². The molecule has 0 aromatic rings. The van der Waals surface area contributed by atoms with Gasteiger partial charge in [-0.05, 0) is 24.7 Å². The largest absolute Gasteiger partial charge is 0.378 e. The lowest BCUT2D eigenvalue weighted by molar-refractivity contribution is -0.142. The molecule has 120 valence electrons. The molecule has 2 saturated heterocycles. The average molecular weight is 316 g/mol. The van der Waals surface area contributed by atoms with E-state index in [2.05, 4.69) is 0 Å². The molecule has 3 aliphatic rings. The second-order valence-corrected chi connectivity index (χ2v) is 8.57. The lowest BCUT2D eigenvalue weighted by Gasteiger charge is -2.36. The number of rotatable bonds is 2. The van der Waals surface area contributed by atoms with Crippen molar-refractivity contribution in [3.8, 4) is 0 Å². The highest BCUT2D eigenvalue weighted by Crippen LogP contribution is 2.50. The molecular formula is C14H24N2O4S. The summed E-state index contributed by atoms with van der Waals surface area (Å²) in [6, 6.07) is 0. The van der Waals surface area contributed by atoms with Gasteiger partial charge in [0.1, 0.15) is 0 Å². The van der Waals surface area contributed by atoms with Crippen LogP contribution in [0.4, 0.5) is 0 Å². The summed E-state index contributed by atoms with van der Waals surface area (Å²) in [6.07, 6.45) is 4.98. The van der Waals surface area contributed by atoms with E-state index in [1.165, 1.54) is 6.26 Å². The molecule has 1 aliphatic carbocycles. The Hall–Kier alpha value is -0.660. The minimum absolute atomic E-state index is 0.0117. The Kier molecular flexibility index (Phi) is 4.00. The van der Waals surface area contributed by atoms with E-state index in [4.69, 9.17) is 4.74 Å². The molecule has 0 N–H and O–H groups in total. The second-order valence-electron chi connectivity index (χ2n) is 6.59. The predicted octanol–water partition coefficient (Wildman–Crippen LogP) is 0.297. The quantitative estimate of drug-likeness (QED) is 0.735. The monoisotopic (exact) mass is 316 g/mol. The minimum atomic E-state index is -3.15. The van der Waals surface area contributed by atoms with Crippen molar-refractivity contribution in [2.24, 2.45) is 11.3 Å². The molecule has 0 radical (unpaired) electrons. The van der Waals surface area contributed by atoms with Gasteiger partial charge in [-0.25, -0.2) is 12.7 Å². The average Bonchev–Trinajstić information content (AvgIpc) is 3.07. The van der Waals surface area contributed by atoms with Gasteiger partial charge in [-0.3, -0.25) is 4.79 Å². The van der Waals surface area contributed by atoms with E-state index < -0.39 is 10.0 Å². The summed E-state index contributed by atoms with van der Waals surface area (Å²) in [5.41, 5.74) is -0.127. The number of morpholine rings is 1. The van der Waals surface area contributed by atoms with Crippen molar-refractivity contribution < 1.29 is 17.9 Å². The fraction of sp³-hybridized carbons (Fsp3) is 0.929. The first kappa shape index (κ1) is 15.2. The number of nitrogens with zero attached hydrogens (tertiary/aromatic N) is 2. The summed E-state index contributed by atoms with van der Waals surface area (Å²) < 4.78 is 30.4. The Labute approximate surface area is 126 Å². The van der Waals surface area contributed by atoms with Crippen molar-refractivity contribution >= 4 is 15.9 Å². The van der Waals surface area contributed by atoms with Gasteiger partial charge in [0.15, 0.2) is 0 Å². The Morgan fingerprint density at radius 1 is 1.19 bits per heavy atom. The first-order valence-electron chi connectivity index (χ1n) is 7.74. The van der Waals surface area contributed by atoms with Crippen molar-refractivity contribution in [3.63, 3.8) is 0 Å². The van der Waals surface area contributed by atoms with Gasteiger partial charge in [0.25, 0.3) is 0 Å². The van der Waals surface area contributed by atoms with Crippen LogP contribution in [0.3, 0.4) is 0 Å². The van der Waals surface area contributed by atoms with Crippen molar-refractivity contribution in [2.45, 2.75) is 25.7 Å². The van der Waals surface area contributed by atoms with E-state index in [0.29, 0.717) is 39.4 Å². The number of carbonyl (C=O) groups is 1. The summed E-state index contributed by atoms with van der Waals surface area (Å²) in [7, 11) is -3.15. The Bertz CT molecular complexity index is 515. The number of sulfonamides is 1. The van der Waals surface area contributed by atoms with Crippen molar-refractivity contribution in [1.29, 1.82) is 0 Å². The molecule has 21 heavy (non-hydrogen) atoms. The van der Waals surface area contributed by atoms with Crippen LogP contribution in [0.1, 0.15) is 25.7 Å². The second kappa shape index (κ2) is 5.52. The molecule has 3 fully saturated rings. The van der Waals surface area contributed by atoms with E-state index in [1.807, 2.05) is 4.90 Å². The zero-order valence-corrected chi connectivity index (χ0v) is 13.4. The maximum atomic E-state index is 12.8. The number of carbonyl (C=O) groups excluding carboxylic acids is 1. The van der Waals surface area contributed by atoms with Gasteiger partial charge in [0.05, 0.1) is 19.5 Å². The zero-order valence-electron chi connectivity index (χ0n) is 12.6. The van der Waals surface area contributed by atoms with Gasteiger partial charge in [-0.15, -0.1) is 0 Å². The summed E-state index contributed by atoms with van der Waals surface area (Å²) in [6.45, 7) is 3.64. The lowest BCUT2D eigenvalue weighted by Crippen LogP contribution is -2.47. The van der Waals surface area contributed by atoms with Gasteiger partial charge in [-0.1, -0.05) is 6.42 Å². The normalized spacial score (nSPS) is 34.7. The fourth-order valence-electron chi connectivity index (χ4n) is 4.16. The maximum absolute atomic E-state index is 12.8. The van der Waals surface area contributed by atoms with Gasteiger partial charge < -0.3 is 9.64 Å². The topological polar surface area (TPSA) is 66.9 Å². The number of ether oxygens (including phenoxy) is 1. The van der Waals surface area contributed by atoms with Crippen molar-refractivity contribution in [1.82, 2.24) is 9.21 Å². The smallest absolute Gasteiger partial charge is 0.226 e. The predicted molar refractivity (Wildman–Crippen MR) is 78.2 cm³/mol. The first-order valence-corrected chi connectivity index (χ1v) is 9.59. The molecule has 6 nitrogen and oxygen atoms in total. The molecule has 1 saturated carbocycles. The van der Waals surface area contributed by atoms with E-state index in [-0.39, 0.29) is 17.2 Å². The molecule has 3 rings (SSSR count). The Balaban J connectivity index is 1.75. The highest BCUT2D eigenvalue weighted by Gasteiger charge is 2.52. The molecule has 2 atom stereocenters. The minimum Gasteiger partial charge on any atom is -0.378 e. The van der Waals surface area contributed by atoms with Crippen LogP contribution in [0.15, 0.2) is 0 Å².